The first-order valence-electron chi connectivity index (χ1n) is 12.7. The molecule has 204 valence electrons. The molecular weight excluding hydrogens is 529 g/mol. The number of hydrogen-bond donors (Lipinski definition) is 2. The van der Waals surface area contributed by atoms with E-state index in [-0.39, 0.29) is 17.5 Å². The Bertz CT molecular complexity index is 1920. The third-order valence-corrected chi connectivity index (χ3v) is 6.77. The van der Waals surface area contributed by atoms with E-state index in [2.05, 4.69) is 30.2 Å². The van der Waals surface area contributed by atoms with Crippen molar-refractivity contribution in [1.82, 2.24) is 29.5 Å². The predicted molar refractivity (Wildman–Crippen MR) is 151 cm³/mol. The Kier molecular flexibility index (Phi) is 6.54. The molecule has 0 saturated carbocycles. The molecule has 3 aromatic carbocycles. The summed E-state index contributed by atoms with van der Waals surface area (Å²) < 4.78 is 43.8. The van der Waals surface area contributed by atoms with Crippen molar-refractivity contribution in [3.8, 4) is 28.3 Å². The minimum Gasteiger partial charge on any atom is -0.368 e. The van der Waals surface area contributed by atoms with Crippen molar-refractivity contribution < 1.29 is 13.2 Å². The smallest absolute Gasteiger partial charge is 0.225 e. The van der Waals surface area contributed by atoms with E-state index in [0.717, 1.165) is 28.3 Å². The second-order valence-corrected chi connectivity index (χ2v) is 9.50. The summed E-state index contributed by atoms with van der Waals surface area (Å²) in [6.45, 7) is 3.59. The van der Waals surface area contributed by atoms with E-state index < -0.39 is 23.5 Å². The summed E-state index contributed by atoms with van der Waals surface area (Å²) >= 11 is 0. The highest BCUT2D eigenvalue weighted by Crippen LogP contribution is 2.29. The first-order valence-corrected chi connectivity index (χ1v) is 12.7. The first kappa shape index (κ1) is 25.9. The molecule has 8 nitrogen and oxygen atoms in total. The number of benzene rings is 3. The van der Waals surface area contributed by atoms with Crippen LogP contribution in [-0.2, 0) is 0 Å². The maximum absolute atomic E-state index is 14.5. The Morgan fingerprint density at radius 2 is 1.68 bits per heavy atom. The van der Waals surface area contributed by atoms with Crippen molar-refractivity contribution in [2.45, 2.75) is 19.9 Å². The molecule has 1 atom stereocenters. The molecule has 11 heteroatoms. The van der Waals surface area contributed by atoms with Gasteiger partial charge < -0.3 is 11.1 Å². The van der Waals surface area contributed by atoms with Gasteiger partial charge in [-0.3, -0.25) is 4.57 Å². The number of nitrogens with two attached hydrogens (primary N) is 1. The molecule has 6 aromatic rings. The Morgan fingerprint density at radius 1 is 0.854 bits per heavy atom. The fraction of sp³-hybridized carbons (Fsp3) is 0.100. The zero-order valence-electron chi connectivity index (χ0n) is 22.0. The number of rotatable bonds is 6. The summed E-state index contributed by atoms with van der Waals surface area (Å²) in [6, 6.07) is 18.4. The molecule has 3 aromatic heterocycles. The lowest BCUT2D eigenvalue weighted by molar-refractivity contribution is 0.438. The largest absolute Gasteiger partial charge is 0.368 e. The zero-order valence-corrected chi connectivity index (χ0v) is 22.0. The lowest BCUT2D eigenvalue weighted by Gasteiger charge is -2.17. The maximum atomic E-state index is 14.5. The van der Waals surface area contributed by atoms with Crippen LogP contribution in [0.1, 0.15) is 24.1 Å². The van der Waals surface area contributed by atoms with Gasteiger partial charge in [-0.25, -0.2) is 33.1 Å². The molecule has 0 fully saturated rings. The van der Waals surface area contributed by atoms with Gasteiger partial charge in [-0.2, -0.15) is 4.98 Å². The molecule has 0 spiro atoms. The van der Waals surface area contributed by atoms with Crippen LogP contribution in [0.15, 0.2) is 79.3 Å². The normalized spacial score (nSPS) is 12.0. The van der Waals surface area contributed by atoms with E-state index in [1.165, 1.54) is 6.07 Å². The second kappa shape index (κ2) is 10.3. The molecule has 0 saturated heterocycles. The summed E-state index contributed by atoms with van der Waals surface area (Å²) in [7, 11) is 0. The molecule has 3 heterocycles. The standard InChI is InChI=1S/C30H23F3N8/c1-16-5-3-4-6-19(16)23-14-26(40-30(39-23)37-17(2)20-8-9-21(31)28(33)27(20)32)41-15-36-24-13-18(7-10-25(24)41)22-11-12-35-29(34)38-22/h3-15,17H,1-2H3,(H2,34,35,38)(H,37,39,40)/t17-/m0/s1. The third kappa shape index (κ3) is 4.93. The predicted octanol–water partition coefficient (Wildman–Crippen LogP) is 6.42. The zero-order chi connectivity index (χ0) is 28.7. The molecule has 0 unspecified atom stereocenters. The van der Waals surface area contributed by atoms with Gasteiger partial charge in [0.1, 0.15) is 12.1 Å². The number of aromatic nitrogens is 6. The number of nitrogen functional groups attached to an aromatic ring is 1. The van der Waals surface area contributed by atoms with Gasteiger partial charge in [0, 0.05) is 29.0 Å². The van der Waals surface area contributed by atoms with E-state index in [4.69, 9.17) is 5.73 Å². The molecule has 0 aliphatic heterocycles. The topological polar surface area (TPSA) is 107 Å². The van der Waals surface area contributed by atoms with Crippen LogP contribution in [-0.4, -0.2) is 29.5 Å². The summed E-state index contributed by atoms with van der Waals surface area (Å²) in [5, 5.41) is 3.05. The number of nitrogens with one attached hydrogen (secondary N) is 1. The van der Waals surface area contributed by atoms with Crippen LogP contribution in [0, 0.1) is 24.4 Å². The van der Waals surface area contributed by atoms with Crippen molar-refractivity contribution in [3.05, 3.63) is 108 Å². The molecule has 41 heavy (non-hydrogen) atoms. The minimum atomic E-state index is -1.53. The SMILES string of the molecule is Cc1ccccc1-c1cc(-n2cnc3cc(-c4ccnc(N)n4)ccc32)nc(N[C@@H](C)c2ccc(F)c(F)c2F)n1. The molecule has 0 aliphatic carbocycles. The van der Waals surface area contributed by atoms with Gasteiger partial charge in [-0.1, -0.05) is 36.4 Å². The van der Waals surface area contributed by atoms with Gasteiger partial charge in [0.25, 0.3) is 0 Å². The van der Waals surface area contributed by atoms with Crippen LogP contribution in [0.2, 0.25) is 0 Å². The fourth-order valence-corrected chi connectivity index (χ4v) is 4.66. The number of nitrogens with zero attached hydrogens (tertiary/aromatic N) is 6. The Hall–Kier alpha value is -5.32. The van der Waals surface area contributed by atoms with E-state index in [9.17, 15) is 13.2 Å². The van der Waals surface area contributed by atoms with E-state index in [1.807, 2.05) is 60.0 Å². The molecular formula is C30H23F3N8. The summed E-state index contributed by atoms with van der Waals surface area (Å²) in [4.78, 5) is 22.2. The van der Waals surface area contributed by atoms with Gasteiger partial charge in [0.2, 0.25) is 11.9 Å². The lowest BCUT2D eigenvalue weighted by Crippen LogP contribution is -2.14. The Morgan fingerprint density at radius 3 is 2.49 bits per heavy atom. The summed E-state index contributed by atoms with van der Waals surface area (Å²) in [5.41, 5.74) is 11.1. The van der Waals surface area contributed by atoms with Crippen LogP contribution in [0.4, 0.5) is 25.1 Å². The van der Waals surface area contributed by atoms with Gasteiger partial charge in [-0.05, 0) is 43.7 Å². The van der Waals surface area contributed by atoms with Crippen molar-refractivity contribution >= 4 is 22.9 Å². The maximum Gasteiger partial charge on any atom is 0.225 e. The van der Waals surface area contributed by atoms with Crippen LogP contribution in [0.25, 0.3) is 39.4 Å². The van der Waals surface area contributed by atoms with Crippen LogP contribution in [0.3, 0.4) is 0 Å². The van der Waals surface area contributed by atoms with Crippen molar-refractivity contribution in [2.24, 2.45) is 0 Å². The quantitative estimate of drug-likeness (QED) is 0.230. The number of imidazole rings is 1. The summed E-state index contributed by atoms with van der Waals surface area (Å²) in [6.07, 6.45) is 3.24. The molecule has 0 aliphatic rings. The third-order valence-electron chi connectivity index (χ3n) is 6.77. The van der Waals surface area contributed by atoms with E-state index in [0.29, 0.717) is 22.7 Å². The Labute approximate surface area is 232 Å². The number of halogens is 3. The second-order valence-electron chi connectivity index (χ2n) is 9.50. The highest BCUT2D eigenvalue weighted by molar-refractivity contribution is 5.83. The van der Waals surface area contributed by atoms with Gasteiger partial charge in [0.05, 0.1) is 28.5 Å². The average Bonchev–Trinajstić information content (AvgIpc) is 3.39. The first-order chi connectivity index (χ1) is 19.8. The van der Waals surface area contributed by atoms with Gasteiger partial charge in [-0.15, -0.1) is 0 Å². The van der Waals surface area contributed by atoms with Crippen LogP contribution in [0.5, 0.6) is 0 Å². The molecule has 0 radical (unpaired) electrons. The fourth-order valence-electron chi connectivity index (χ4n) is 4.66. The minimum absolute atomic E-state index is 0.0543. The number of anilines is 2. The van der Waals surface area contributed by atoms with E-state index in [1.54, 1.807) is 25.5 Å². The highest BCUT2D eigenvalue weighted by atomic mass is 19.2. The number of aryl methyl sites for hydroxylation is 1. The number of fused-ring (bicyclic) bond motifs is 1. The van der Waals surface area contributed by atoms with Crippen molar-refractivity contribution in [1.29, 1.82) is 0 Å². The average molecular weight is 553 g/mol. The molecule has 3 N–H and O–H groups in total. The summed E-state index contributed by atoms with van der Waals surface area (Å²) in [5.74, 6) is -3.19. The lowest BCUT2D eigenvalue weighted by atomic mass is 10.1. The van der Waals surface area contributed by atoms with Gasteiger partial charge >= 0.3 is 0 Å². The Balaban J connectivity index is 1.44. The molecule has 0 bridgehead atoms. The number of hydrogen-bond acceptors (Lipinski definition) is 7. The highest BCUT2D eigenvalue weighted by Gasteiger charge is 2.20. The van der Waals surface area contributed by atoms with Gasteiger partial charge in [0.15, 0.2) is 17.5 Å². The van der Waals surface area contributed by atoms with Crippen LogP contribution < -0.4 is 11.1 Å². The van der Waals surface area contributed by atoms with Crippen LogP contribution >= 0.6 is 0 Å². The van der Waals surface area contributed by atoms with Crippen molar-refractivity contribution in [3.63, 3.8) is 0 Å². The van der Waals surface area contributed by atoms with E-state index >= 15 is 0 Å². The monoisotopic (exact) mass is 552 g/mol. The van der Waals surface area contributed by atoms with Crippen molar-refractivity contribution in [2.75, 3.05) is 11.1 Å². The molecule has 0 amide bonds. The molecule has 6 rings (SSSR count).